The minimum atomic E-state index is 0. The number of rotatable bonds is 0. The van der Waals surface area contributed by atoms with Crippen molar-refractivity contribution in [2.24, 2.45) is 0 Å². The van der Waals surface area contributed by atoms with Crippen molar-refractivity contribution in [1.29, 1.82) is 0 Å². The quantitative estimate of drug-likeness (QED) is 0.393. The molecule has 5 heavy (non-hydrogen) atoms. The number of hydrogen-bond donors (Lipinski definition) is 0. The van der Waals surface area contributed by atoms with Gasteiger partial charge in [0.15, 0.2) is 0 Å². The molecule has 1 nitrogen and oxygen atoms in total. The van der Waals surface area contributed by atoms with Crippen LogP contribution in [0, 0.1) is 0 Å². The van der Waals surface area contributed by atoms with E-state index in [0.717, 1.165) is 0 Å². The summed E-state index contributed by atoms with van der Waals surface area (Å²) in [5.74, 6) is 0. The molecule has 0 aromatic rings. The summed E-state index contributed by atoms with van der Waals surface area (Å²) in [6.07, 6.45) is 0. The molecule has 0 heterocycles. The normalized spacial score (nSPS) is 0.800. The summed E-state index contributed by atoms with van der Waals surface area (Å²) in [6, 6.07) is 0. The molecule has 0 amide bonds. The van der Waals surface area contributed by atoms with Crippen molar-refractivity contribution < 1.29 is 84.9 Å². The van der Waals surface area contributed by atoms with Gasteiger partial charge in [0.2, 0.25) is 0 Å². The van der Waals surface area contributed by atoms with E-state index in [-0.39, 0.29) is 65.1 Å². The van der Waals surface area contributed by atoms with E-state index >= 15 is 0 Å². The Labute approximate surface area is 83.8 Å². The Bertz CT molecular complexity index is 15.5. The van der Waals surface area contributed by atoms with Crippen LogP contribution in [0.5, 0.6) is 0 Å². The predicted molar refractivity (Wildman–Crippen MR) is 1.80 cm³/mol. The third-order valence-corrected chi connectivity index (χ3v) is 0. The van der Waals surface area contributed by atoms with Crippen LogP contribution in [0.15, 0.2) is 0 Å². The van der Waals surface area contributed by atoms with Gasteiger partial charge >= 0.3 is 49.3 Å². The van der Waals surface area contributed by atoms with Crippen LogP contribution in [-0.2, 0) is 53.9 Å². The fourth-order valence-corrected chi connectivity index (χ4v) is 0. The van der Waals surface area contributed by atoms with E-state index in [1.165, 1.54) is 0 Å². The summed E-state index contributed by atoms with van der Waals surface area (Å²) in [4.78, 5) is 0. The van der Waals surface area contributed by atoms with E-state index in [2.05, 4.69) is 0 Å². The van der Waals surface area contributed by atoms with Crippen molar-refractivity contribution in [3.05, 3.63) is 0 Å². The predicted octanol–water partition coefficient (Wildman–Crippen LogP) is -3.01. The fraction of sp³-hybridized carbons (Fsp3) is 0. The van der Waals surface area contributed by atoms with Crippen LogP contribution in [0.2, 0.25) is 0 Å². The molecule has 34 valence electrons. The zero-order valence-electron chi connectivity index (χ0n) is 3.44. The van der Waals surface area contributed by atoms with Crippen LogP contribution in [0.1, 0.15) is 1.43 Å². The number of hydrogen-bond acceptors (Lipinski definition) is 1. The van der Waals surface area contributed by atoms with E-state index < -0.39 is 0 Å². The molecule has 0 bridgehead atoms. The molecule has 0 saturated carbocycles. The maximum absolute atomic E-state index is 8.06. The molecule has 0 fully saturated rings. The van der Waals surface area contributed by atoms with E-state index in [1.54, 1.807) is 15.9 Å². The van der Waals surface area contributed by atoms with Crippen molar-refractivity contribution in [1.82, 2.24) is 0 Å². The summed E-state index contributed by atoms with van der Waals surface area (Å²) < 4.78 is 8.06. The Hall–Kier alpha value is 2.36. The van der Waals surface area contributed by atoms with Gasteiger partial charge in [-0.2, -0.15) is 0 Å². The molecule has 5 heteroatoms. The summed E-state index contributed by atoms with van der Waals surface area (Å²) in [6.45, 7) is 0. The molecular formula is HCuFeMnNaO. The van der Waals surface area contributed by atoms with E-state index in [1.807, 2.05) is 0 Å². The second kappa shape index (κ2) is 32.8. The molecule has 0 aliphatic carbocycles. The first-order valence-electron chi connectivity index (χ1n) is 0.154. The fourth-order valence-electron chi connectivity index (χ4n) is 0. The molecule has 0 rings (SSSR count). The monoisotopic (exact) mass is 214 g/mol. The van der Waals surface area contributed by atoms with Crippen molar-refractivity contribution in [3.8, 4) is 0 Å². The molecular weight excluding hydrogens is 213 g/mol. The Balaban J connectivity index is -0.000000000833. The van der Waals surface area contributed by atoms with E-state index in [0.29, 0.717) is 0 Å². The second-order valence-electron chi connectivity index (χ2n) is 0. The van der Waals surface area contributed by atoms with Crippen LogP contribution in [0.25, 0.3) is 0 Å². The first-order chi connectivity index (χ1) is 1.00. The molecule has 0 saturated heterocycles. The Kier molecular flexibility index (Phi) is 173. The van der Waals surface area contributed by atoms with Crippen LogP contribution >= 0.6 is 0 Å². The molecule has 0 N–H and O–H groups in total. The van der Waals surface area contributed by atoms with Crippen molar-refractivity contribution >= 4 is 0 Å². The van der Waals surface area contributed by atoms with Crippen LogP contribution in [0.4, 0.5) is 0 Å². The van der Waals surface area contributed by atoms with Gasteiger partial charge in [-0.1, -0.05) is 0 Å². The minimum absolute atomic E-state index is 0. The summed E-state index contributed by atoms with van der Waals surface area (Å²) in [5.41, 5.74) is 0. The maximum atomic E-state index is 8.06. The molecule has 0 aliphatic rings. The van der Waals surface area contributed by atoms with Gasteiger partial charge < -0.3 is 1.43 Å². The Morgan fingerprint density at radius 1 is 1.40 bits per heavy atom. The Morgan fingerprint density at radius 3 is 1.40 bits per heavy atom. The van der Waals surface area contributed by atoms with Crippen LogP contribution < -0.4 is 29.6 Å². The van der Waals surface area contributed by atoms with Gasteiger partial charge in [0.05, 0.1) is 0 Å². The molecule has 0 aliphatic heterocycles. The summed E-state index contributed by atoms with van der Waals surface area (Å²) >= 11 is 1.69. The summed E-state index contributed by atoms with van der Waals surface area (Å²) in [7, 11) is 0. The van der Waals surface area contributed by atoms with E-state index in [9.17, 15) is 0 Å². The average molecular weight is 214 g/mol. The molecule has 0 spiro atoms. The second-order valence-corrected chi connectivity index (χ2v) is 0. The standard InChI is InChI=1S/Cu.Fe.Mn.Na.O.H/q;;;+1;;-1. The molecule has 0 aromatic carbocycles. The molecule has 0 atom stereocenters. The third kappa shape index (κ3) is 21.7. The van der Waals surface area contributed by atoms with Crippen molar-refractivity contribution in [2.75, 3.05) is 0 Å². The van der Waals surface area contributed by atoms with Crippen LogP contribution in [0.3, 0.4) is 0 Å². The summed E-state index contributed by atoms with van der Waals surface area (Å²) in [5, 5.41) is 0. The van der Waals surface area contributed by atoms with Gasteiger partial charge in [0, 0.05) is 34.1 Å². The third-order valence-electron chi connectivity index (χ3n) is 0. The van der Waals surface area contributed by atoms with Crippen LogP contribution in [-0.4, -0.2) is 0 Å². The molecule has 1 radical (unpaired) electrons. The first-order valence-corrected chi connectivity index (χ1v) is 0.636. The van der Waals surface area contributed by atoms with Gasteiger partial charge in [-0.25, -0.2) is 0 Å². The van der Waals surface area contributed by atoms with Crippen molar-refractivity contribution in [3.63, 3.8) is 0 Å². The SMILES string of the molecule is [Cu].[Fe].[H-].[Na+].[O]=[Mn]. The molecule has 0 unspecified atom stereocenters. The van der Waals surface area contributed by atoms with Crippen molar-refractivity contribution in [2.45, 2.75) is 0 Å². The Morgan fingerprint density at radius 2 is 1.40 bits per heavy atom. The average Bonchev–Trinajstić information content (AvgIpc) is 1.00. The van der Waals surface area contributed by atoms with Gasteiger partial charge in [0.1, 0.15) is 0 Å². The first kappa shape index (κ1) is 26.4. The topological polar surface area (TPSA) is 17.1 Å². The molecule has 0 aromatic heterocycles. The van der Waals surface area contributed by atoms with E-state index in [4.69, 9.17) is 3.83 Å². The van der Waals surface area contributed by atoms with Gasteiger partial charge in [-0.15, -0.1) is 0 Å². The zero-order chi connectivity index (χ0) is 2.00. The zero-order valence-corrected chi connectivity index (χ0v) is 7.67. The van der Waals surface area contributed by atoms with Gasteiger partial charge in [-0.3, -0.25) is 0 Å². The van der Waals surface area contributed by atoms with Gasteiger partial charge in [-0.05, 0) is 0 Å². The van der Waals surface area contributed by atoms with Gasteiger partial charge in [0.25, 0.3) is 0 Å².